The molecule has 0 spiro atoms. The zero-order chi connectivity index (χ0) is 23.3. The molecular formula is C23H34BrN7OSi. The van der Waals surface area contributed by atoms with E-state index in [-0.39, 0.29) is 0 Å². The summed E-state index contributed by atoms with van der Waals surface area (Å²) in [6, 6.07) is 6.93. The van der Waals surface area contributed by atoms with Crippen LogP contribution in [0.5, 0.6) is 0 Å². The van der Waals surface area contributed by atoms with Crippen molar-refractivity contribution in [1.29, 1.82) is 0 Å². The first-order valence-corrected chi connectivity index (χ1v) is 16.3. The minimum Gasteiger partial charge on any atom is -0.359 e. The number of ether oxygens (including phenoxy) is 1. The third-order valence-corrected chi connectivity index (χ3v) is 7.96. The number of hydrogen-bond donors (Lipinski definition) is 1. The Bertz CT molecular complexity index is 1060. The maximum Gasteiger partial charge on any atom is 0.224 e. The summed E-state index contributed by atoms with van der Waals surface area (Å²) < 4.78 is 8.59. The van der Waals surface area contributed by atoms with E-state index in [0.29, 0.717) is 12.7 Å². The number of rotatable bonds is 10. The maximum atomic E-state index is 6.00. The van der Waals surface area contributed by atoms with Crippen molar-refractivity contribution in [3.05, 3.63) is 29.0 Å². The molecule has 8 nitrogen and oxygen atoms in total. The van der Waals surface area contributed by atoms with Crippen molar-refractivity contribution in [3.63, 3.8) is 0 Å². The van der Waals surface area contributed by atoms with Crippen LogP contribution in [0.25, 0.3) is 22.4 Å². The van der Waals surface area contributed by atoms with Crippen molar-refractivity contribution in [2.75, 3.05) is 38.1 Å². The molecule has 0 saturated carbocycles. The molecule has 1 aliphatic heterocycles. The van der Waals surface area contributed by atoms with Gasteiger partial charge >= 0.3 is 0 Å². The molecule has 3 aromatic rings. The highest BCUT2D eigenvalue weighted by Crippen LogP contribution is 2.27. The largest absolute Gasteiger partial charge is 0.359 e. The second kappa shape index (κ2) is 11.0. The number of fused-ring (bicyclic) bond motifs is 1. The van der Waals surface area contributed by atoms with Gasteiger partial charge in [0.05, 0.1) is 11.1 Å². The molecule has 1 N–H and O–H groups in total. The molecule has 0 unspecified atom stereocenters. The molecule has 178 valence electrons. The summed E-state index contributed by atoms with van der Waals surface area (Å²) in [5.41, 5.74) is 2.31. The molecule has 0 atom stereocenters. The maximum absolute atomic E-state index is 6.00. The molecule has 4 rings (SSSR count). The lowest BCUT2D eigenvalue weighted by atomic mass is 10.1. The van der Waals surface area contributed by atoms with Crippen LogP contribution in [0, 0.1) is 0 Å². The van der Waals surface area contributed by atoms with E-state index in [1.807, 2.05) is 29.1 Å². The van der Waals surface area contributed by atoms with Crippen LogP contribution in [0.15, 0.2) is 29.0 Å². The summed E-state index contributed by atoms with van der Waals surface area (Å²) in [4.78, 5) is 16.5. The van der Waals surface area contributed by atoms with Crippen LogP contribution < -0.4 is 5.32 Å². The van der Waals surface area contributed by atoms with Crippen LogP contribution in [0.1, 0.15) is 19.3 Å². The summed E-state index contributed by atoms with van der Waals surface area (Å²) in [5, 5.41) is 9.08. The number of pyridine rings is 1. The summed E-state index contributed by atoms with van der Waals surface area (Å²) in [7, 11) is -1.15. The van der Waals surface area contributed by atoms with Gasteiger partial charge in [0.1, 0.15) is 17.0 Å². The van der Waals surface area contributed by atoms with Gasteiger partial charge in [-0.1, -0.05) is 32.1 Å². The summed E-state index contributed by atoms with van der Waals surface area (Å²) in [6.45, 7) is 12.4. The average molecular weight is 533 g/mol. The molecule has 0 bridgehead atoms. The molecule has 1 fully saturated rings. The highest BCUT2D eigenvalue weighted by molar-refractivity contribution is 9.10. The Morgan fingerprint density at radius 2 is 1.94 bits per heavy atom. The van der Waals surface area contributed by atoms with Crippen LogP contribution in [0.3, 0.4) is 0 Å². The number of nitrogens with zero attached hydrogens (tertiary/aromatic N) is 6. The molecule has 4 heterocycles. The van der Waals surface area contributed by atoms with Gasteiger partial charge < -0.3 is 15.0 Å². The standard InChI is InChI=1S/C23H34BrN7OSi/c1-33(2,3)15-14-32-17-31-22-18(21(29-31)19-8-7-9-20(24)27-19)16-26-23(28-22)25-10-13-30-11-5-4-6-12-30/h7-9,16H,4-6,10-15,17H2,1-3H3,(H,25,26,28). The van der Waals surface area contributed by atoms with Crippen LogP contribution >= 0.6 is 15.9 Å². The quantitative estimate of drug-likeness (QED) is 0.227. The summed E-state index contributed by atoms with van der Waals surface area (Å²) in [5.74, 6) is 0.622. The third-order valence-electron chi connectivity index (χ3n) is 5.82. The fourth-order valence-corrected chi connectivity index (χ4v) is 5.00. The van der Waals surface area contributed by atoms with Crippen LogP contribution in [-0.4, -0.2) is 70.5 Å². The fourth-order valence-electron chi connectivity index (χ4n) is 3.90. The second-order valence-corrected chi connectivity index (χ2v) is 16.2. The third kappa shape index (κ3) is 6.81. The van der Waals surface area contributed by atoms with E-state index in [1.54, 1.807) is 0 Å². The monoisotopic (exact) mass is 531 g/mol. The fraction of sp³-hybridized carbons (Fsp3) is 0.565. The van der Waals surface area contributed by atoms with Crippen molar-refractivity contribution < 1.29 is 4.74 Å². The van der Waals surface area contributed by atoms with Gasteiger partial charge in [0.2, 0.25) is 5.95 Å². The average Bonchev–Trinajstić information content (AvgIpc) is 3.15. The molecular weight excluding hydrogens is 498 g/mol. The molecule has 0 radical (unpaired) electrons. The van der Waals surface area contributed by atoms with Crippen LogP contribution in [0.2, 0.25) is 25.7 Å². The van der Waals surface area contributed by atoms with Crippen molar-refractivity contribution in [3.8, 4) is 11.4 Å². The Labute approximate surface area is 205 Å². The molecule has 3 aromatic heterocycles. The molecule has 0 aromatic carbocycles. The van der Waals surface area contributed by atoms with Gasteiger partial charge in [-0.2, -0.15) is 10.1 Å². The van der Waals surface area contributed by atoms with E-state index in [0.717, 1.165) is 52.8 Å². The zero-order valence-electron chi connectivity index (χ0n) is 19.8. The van der Waals surface area contributed by atoms with Crippen molar-refractivity contribution in [2.24, 2.45) is 0 Å². The topological polar surface area (TPSA) is 81.0 Å². The van der Waals surface area contributed by atoms with E-state index >= 15 is 0 Å². The van der Waals surface area contributed by atoms with Crippen LogP contribution in [0.4, 0.5) is 5.95 Å². The molecule has 10 heteroatoms. The van der Waals surface area contributed by atoms with Gasteiger partial charge in [-0.15, -0.1) is 0 Å². The Kier molecular flexibility index (Phi) is 8.10. The van der Waals surface area contributed by atoms with Gasteiger partial charge in [0, 0.05) is 34.0 Å². The number of anilines is 1. The smallest absolute Gasteiger partial charge is 0.224 e. The van der Waals surface area contributed by atoms with Gasteiger partial charge in [-0.25, -0.2) is 14.6 Å². The lowest BCUT2D eigenvalue weighted by Crippen LogP contribution is -2.33. The zero-order valence-corrected chi connectivity index (χ0v) is 22.4. The number of halogens is 1. The number of hydrogen-bond acceptors (Lipinski definition) is 7. The normalized spacial score (nSPS) is 15.3. The minimum atomic E-state index is -1.15. The first-order chi connectivity index (χ1) is 15.9. The highest BCUT2D eigenvalue weighted by atomic mass is 79.9. The number of aromatic nitrogens is 5. The number of piperidine rings is 1. The second-order valence-electron chi connectivity index (χ2n) is 9.80. The minimum absolute atomic E-state index is 0.360. The first kappa shape index (κ1) is 24.2. The highest BCUT2D eigenvalue weighted by Gasteiger charge is 2.18. The number of nitrogens with one attached hydrogen (secondary N) is 1. The van der Waals surface area contributed by atoms with E-state index < -0.39 is 8.07 Å². The van der Waals surface area contributed by atoms with Gasteiger partial charge in [0.15, 0.2) is 5.65 Å². The summed E-state index contributed by atoms with van der Waals surface area (Å²) in [6.07, 6.45) is 5.79. The lowest BCUT2D eigenvalue weighted by Gasteiger charge is -2.26. The Hall–Kier alpha value is -1.88. The lowest BCUT2D eigenvalue weighted by molar-refractivity contribution is 0.0814. The summed E-state index contributed by atoms with van der Waals surface area (Å²) >= 11 is 3.46. The van der Waals surface area contributed by atoms with E-state index in [4.69, 9.17) is 14.8 Å². The van der Waals surface area contributed by atoms with Crippen molar-refractivity contribution in [2.45, 2.75) is 51.7 Å². The predicted octanol–water partition coefficient (Wildman–Crippen LogP) is 4.86. The van der Waals surface area contributed by atoms with E-state index in [9.17, 15) is 0 Å². The van der Waals surface area contributed by atoms with Gasteiger partial charge in [-0.05, 0) is 60.0 Å². The van der Waals surface area contributed by atoms with E-state index in [1.165, 1.54) is 32.4 Å². The molecule has 1 saturated heterocycles. The molecule has 0 aliphatic carbocycles. The van der Waals surface area contributed by atoms with Gasteiger partial charge in [0.25, 0.3) is 0 Å². The predicted molar refractivity (Wildman–Crippen MR) is 139 cm³/mol. The Balaban J connectivity index is 1.53. The SMILES string of the molecule is C[Si](C)(C)CCOCn1nc(-c2cccc(Br)n2)c2cnc(NCCN3CCCCC3)nc21. The molecule has 33 heavy (non-hydrogen) atoms. The van der Waals surface area contributed by atoms with Crippen molar-refractivity contribution >= 4 is 41.0 Å². The van der Waals surface area contributed by atoms with Gasteiger partial charge in [-0.3, -0.25) is 0 Å². The Morgan fingerprint density at radius 1 is 1.12 bits per heavy atom. The van der Waals surface area contributed by atoms with E-state index in [2.05, 4.69) is 55.8 Å². The van der Waals surface area contributed by atoms with Crippen LogP contribution in [-0.2, 0) is 11.5 Å². The van der Waals surface area contributed by atoms with Crippen molar-refractivity contribution in [1.82, 2.24) is 29.6 Å². The number of likely N-dealkylation sites (tertiary alicyclic amines) is 1. The molecule has 1 aliphatic rings. The first-order valence-electron chi connectivity index (χ1n) is 11.8. The molecule has 0 amide bonds. The Morgan fingerprint density at radius 3 is 2.70 bits per heavy atom.